The molecule has 18 heavy (non-hydrogen) atoms. The Hall–Kier alpha value is -1.01. The Bertz CT molecular complexity index is 497. The van der Waals surface area contributed by atoms with E-state index < -0.39 is 32.8 Å². The number of hydrogen-bond donors (Lipinski definition) is 1. The molecule has 2 unspecified atom stereocenters. The smallest absolute Gasteiger partial charge is 0.151 e. The maximum atomic E-state index is 13.5. The van der Waals surface area contributed by atoms with Crippen molar-refractivity contribution in [3.8, 4) is 0 Å². The highest BCUT2D eigenvalue weighted by Gasteiger charge is 2.26. The average Bonchev–Trinajstić information content (AvgIpc) is 2.27. The first-order valence-corrected chi connectivity index (χ1v) is 7.51. The minimum absolute atomic E-state index is 0.0107. The van der Waals surface area contributed by atoms with Gasteiger partial charge in [0.15, 0.2) is 9.84 Å². The van der Waals surface area contributed by atoms with Gasteiger partial charge in [0.2, 0.25) is 0 Å². The van der Waals surface area contributed by atoms with Crippen LogP contribution in [-0.4, -0.2) is 33.0 Å². The SMILES string of the molecule is CNC(Cc1c(F)cccc1F)C(C)S(C)(=O)=O. The van der Waals surface area contributed by atoms with Crippen LogP contribution >= 0.6 is 0 Å². The molecule has 0 bridgehead atoms. The summed E-state index contributed by atoms with van der Waals surface area (Å²) in [5.74, 6) is -1.31. The molecule has 0 aromatic heterocycles. The van der Waals surface area contributed by atoms with Crippen molar-refractivity contribution in [2.24, 2.45) is 0 Å². The monoisotopic (exact) mass is 277 g/mol. The average molecular weight is 277 g/mol. The first-order valence-electron chi connectivity index (χ1n) is 5.56. The lowest BCUT2D eigenvalue weighted by atomic mass is 10.0. The molecule has 0 saturated heterocycles. The van der Waals surface area contributed by atoms with Crippen molar-refractivity contribution in [3.05, 3.63) is 35.4 Å². The third-order valence-electron chi connectivity index (χ3n) is 3.10. The van der Waals surface area contributed by atoms with Crippen LogP contribution in [0.3, 0.4) is 0 Å². The third kappa shape index (κ3) is 3.49. The van der Waals surface area contributed by atoms with Crippen LogP contribution in [0.1, 0.15) is 12.5 Å². The molecule has 0 amide bonds. The summed E-state index contributed by atoms with van der Waals surface area (Å²) in [6.45, 7) is 1.52. The second-order valence-corrected chi connectivity index (χ2v) is 6.74. The Morgan fingerprint density at radius 2 is 1.78 bits per heavy atom. The molecule has 0 aliphatic heterocycles. The molecule has 0 aliphatic carbocycles. The standard InChI is InChI=1S/C12H17F2NO2S/c1-8(18(3,16)17)12(15-2)7-9-10(13)5-4-6-11(9)14/h4-6,8,12,15H,7H2,1-3H3. The van der Waals surface area contributed by atoms with E-state index in [0.717, 1.165) is 18.4 Å². The Kier molecular flexibility index (Phi) is 4.81. The second-order valence-electron chi connectivity index (χ2n) is 4.33. The van der Waals surface area contributed by atoms with E-state index in [2.05, 4.69) is 5.32 Å². The van der Waals surface area contributed by atoms with Gasteiger partial charge in [-0.3, -0.25) is 0 Å². The predicted molar refractivity (Wildman–Crippen MR) is 67.2 cm³/mol. The van der Waals surface area contributed by atoms with E-state index in [1.54, 1.807) is 7.05 Å². The van der Waals surface area contributed by atoms with Gasteiger partial charge in [0, 0.05) is 17.9 Å². The van der Waals surface area contributed by atoms with Crippen LogP contribution in [-0.2, 0) is 16.3 Å². The van der Waals surface area contributed by atoms with E-state index in [4.69, 9.17) is 0 Å². The number of nitrogens with one attached hydrogen (secondary N) is 1. The van der Waals surface area contributed by atoms with E-state index in [1.807, 2.05) is 0 Å². The van der Waals surface area contributed by atoms with Crippen LogP contribution in [0.2, 0.25) is 0 Å². The van der Waals surface area contributed by atoms with E-state index in [1.165, 1.54) is 13.0 Å². The summed E-state index contributed by atoms with van der Waals surface area (Å²) in [6, 6.07) is 3.07. The molecular weight excluding hydrogens is 260 g/mol. The van der Waals surface area contributed by atoms with E-state index in [-0.39, 0.29) is 12.0 Å². The molecule has 0 fully saturated rings. The van der Waals surface area contributed by atoms with Crippen LogP contribution in [0.5, 0.6) is 0 Å². The van der Waals surface area contributed by atoms with Gasteiger partial charge in [-0.1, -0.05) is 6.07 Å². The zero-order valence-electron chi connectivity index (χ0n) is 10.6. The lowest BCUT2D eigenvalue weighted by Crippen LogP contribution is -2.42. The first-order chi connectivity index (χ1) is 8.27. The fraction of sp³-hybridized carbons (Fsp3) is 0.500. The molecule has 1 N–H and O–H groups in total. The minimum Gasteiger partial charge on any atom is -0.315 e. The quantitative estimate of drug-likeness (QED) is 0.888. The van der Waals surface area contributed by atoms with Gasteiger partial charge in [0.1, 0.15) is 11.6 Å². The van der Waals surface area contributed by atoms with Gasteiger partial charge >= 0.3 is 0 Å². The molecular formula is C12H17F2NO2S. The van der Waals surface area contributed by atoms with Crippen LogP contribution in [0.4, 0.5) is 8.78 Å². The zero-order chi connectivity index (χ0) is 13.9. The number of hydrogen-bond acceptors (Lipinski definition) is 3. The second kappa shape index (κ2) is 5.75. The Morgan fingerprint density at radius 3 is 2.17 bits per heavy atom. The number of halogens is 2. The Labute approximate surface area is 106 Å². The van der Waals surface area contributed by atoms with Crippen molar-refractivity contribution in [1.29, 1.82) is 0 Å². The van der Waals surface area contributed by atoms with Gasteiger partial charge in [-0.25, -0.2) is 17.2 Å². The van der Waals surface area contributed by atoms with Crippen LogP contribution < -0.4 is 5.32 Å². The lowest BCUT2D eigenvalue weighted by Gasteiger charge is -2.22. The number of sulfone groups is 1. The molecule has 0 aliphatic rings. The fourth-order valence-corrected chi connectivity index (χ4v) is 2.58. The number of benzene rings is 1. The molecule has 1 aromatic carbocycles. The van der Waals surface area contributed by atoms with Gasteiger partial charge in [0.05, 0.1) is 5.25 Å². The van der Waals surface area contributed by atoms with Gasteiger partial charge in [-0.05, 0) is 32.5 Å². The normalized spacial score (nSPS) is 15.4. The summed E-state index contributed by atoms with van der Waals surface area (Å²) < 4.78 is 49.9. The molecule has 0 spiro atoms. The van der Waals surface area contributed by atoms with Crippen molar-refractivity contribution in [2.45, 2.75) is 24.6 Å². The molecule has 0 heterocycles. The summed E-state index contributed by atoms with van der Waals surface area (Å²) in [7, 11) is -1.69. The zero-order valence-corrected chi connectivity index (χ0v) is 11.4. The van der Waals surface area contributed by atoms with Crippen LogP contribution in [0.25, 0.3) is 0 Å². The molecule has 0 radical (unpaired) electrons. The van der Waals surface area contributed by atoms with Crippen molar-refractivity contribution >= 4 is 9.84 Å². The summed E-state index contributed by atoms with van der Waals surface area (Å²) in [5, 5.41) is 2.08. The fourth-order valence-electron chi connectivity index (χ4n) is 1.75. The van der Waals surface area contributed by atoms with Gasteiger partial charge in [0.25, 0.3) is 0 Å². The van der Waals surface area contributed by atoms with Crippen LogP contribution in [0.15, 0.2) is 18.2 Å². The molecule has 6 heteroatoms. The number of rotatable bonds is 5. The Morgan fingerprint density at radius 1 is 1.28 bits per heavy atom. The molecule has 0 saturated carbocycles. The highest BCUT2D eigenvalue weighted by atomic mass is 32.2. The van der Waals surface area contributed by atoms with Crippen molar-refractivity contribution in [2.75, 3.05) is 13.3 Å². The molecule has 1 rings (SSSR count). The van der Waals surface area contributed by atoms with Gasteiger partial charge in [-0.15, -0.1) is 0 Å². The summed E-state index contributed by atoms with van der Waals surface area (Å²) in [6.07, 6.45) is 1.10. The maximum absolute atomic E-state index is 13.5. The van der Waals surface area contributed by atoms with Crippen LogP contribution in [0, 0.1) is 11.6 Å². The summed E-state index contributed by atoms with van der Waals surface area (Å²) in [5.41, 5.74) is -0.0904. The topological polar surface area (TPSA) is 46.2 Å². The minimum atomic E-state index is -3.27. The van der Waals surface area contributed by atoms with Crippen molar-refractivity contribution < 1.29 is 17.2 Å². The first kappa shape index (κ1) is 15.0. The predicted octanol–water partition coefficient (Wildman–Crippen LogP) is 1.53. The molecule has 3 nitrogen and oxygen atoms in total. The number of likely N-dealkylation sites (N-methyl/N-ethyl adjacent to an activating group) is 1. The van der Waals surface area contributed by atoms with E-state index in [0.29, 0.717) is 0 Å². The molecule has 102 valence electrons. The highest BCUT2D eigenvalue weighted by molar-refractivity contribution is 7.91. The third-order valence-corrected chi connectivity index (χ3v) is 4.78. The summed E-state index contributed by atoms with van der Waals surface area (Å²) in [4.78, 5) is 0. The van der Waals surface area contributed by atoms with E-state index >= 15 is 0 Å². The van der Waals surface area contributed by atoms with Gasteiger partial charge in [-0.2, -0.15) is 0 Å². The van der Waals surface area contributed by atoms with Crippen molar-refractivity contribution in [1.82, 2.24) is 5.32 Å². The molecule has 2 atom stereocenters. The van der Waals surface area contributed by atoms with Gasteiger partial charge < -0.3 is 5.32 Å². The largest absolute Gasteiger partial charge is 0.315 e. The van der Waals surface area contributed by atoms with E-state index in [9.17, 15) is 17.2 Å². The Balaban J connectivity index is 3.01. The van der Waals surface area contributed by atoms with Crippen molar-refractivity contribution in [3.63, 3.8) is 0 Å². The highest BCUT2D eigenvalue weighted by Crippen LogP contribution is 2.17. The molecule has 1 aromatic rings. The maximum Gasteiger partial charge on any atom is 0.151 e. The summed E-state index contributed by atoms with van der Waals surface area (Å²) >= 11 is 0. The lowest BCUT2D eigenvalue weighted by molar-refractivity contribution is 0.485.